The van der Waals surface area contributed by atoms with Crippen LogP contribution in [0.5, 0.6) is 0 Å². The molecule has 136 valence electrons. The van der Waals surface area contributed by atoms with Crippen molar-refractivity contribution < 1.29 is 14.3 Å². The van der Waals surface area contributed by atoms with Crippen LogP contribution in [0.1, 0.15) is 24.2 Å². The molecule has 0 spiro atoms. The van der Waals surface area contributed by atoms with Gasteiger partial charge in [-0.3, -0.25) is 4.79 Å². The summed E-state index contributed by atoms with van der Waals surface area (Å²) in [7, 11) is 3.73. The van der Waals surface area contributed by atoms with E-state index in [1.165, 1.54) is 0 Å². The van der Waals surface area contributed by atoms with E-state index in [4.69, 9.17) is 9.47 Å². The lowest BCUT2D eigenvalue weighted by molar-refractivity contribution is -0.0586. The number of aromatic nitrogens is 1. The van der Waals surface area contributed by atoms with Gasteiger partial charge >= 0.3 is 0 Å². The Morgan fingerprint density at radius 2 is 1.92 bits per heavy atom. The van der Waals surface area contributed by atoms with Crippen LogP contribution in [-0.4, -0.2) is 67.8 Å². The number of methoxy groups -OCH3 is 1. The predicted molar refractivity (Wildman–Crippen MR) is 98.5 cm³/mol. The molecule has 1 fully saturated rings. The molecule has 25 heavy (non-hydrogen) atoms. The molecule has 1 saturated heterocycles. The van der Waals surface area contributed by atoms with E-state index in [1.807, 2.05) is 44.1 Å². The first-order chi connectivity index (χ1) is 12.0. The van der Waals surface area contributed by atoms with Gasteiger partial charge in [0.2, 0.25) is 0 Å². The zero-order valence-corrected chi connectivity index (χ0v) is 15.4. The number of morpholine rings is 1. The molecule has 0 aromatic carbocycles. The van der Waals surface area contributed by atoms with E-state index in [0.717, 1.165) is 17.9 Å². The summed E-state index contributed by atoms with van der Waals surface area (Å²) in [4.78, 5) is 16.9. The highest BCUT2D eigenvalue weighted by Gasteiger charge is 2.26. The highest BCUT2D eigenvalue weighted by Crippen LogP contribution is 2.21. The normalized spacial score (nSPS) is 20.9. The van der Waals surface area contributed by atoms with Gasteiger partial charge in [0.25, 0.3) is 5.91 Å². The molecule has 6 nitrogen and oxygen atoms in total. The SMILES string of the molecule is COCCN(C)c1ccc2ccc(C(=O)N3CC(C)OC(C)C3)cn12. The quantitative estimate of drug-likeness (QED) is 0.834. The average molecular weight is 345 g/mol. The maximum Gasteiger partial charge on any atom is 0.255 e. The molecule has 3 rings (SSSR count). The summed E-state index contributed by atoms with van der Waals surface area (Å²) in [6.07, 6.45) is 2.07. The van der Waals surface area contributed by atoms with Crippen molar-refractivity contribution in [3.05, 3.63) is 36.0 Å². The number of carbonyl (C=O) groups excluding carboxylic acids is 1. The minimum atomic E-state index is 0.0584. The van der Waals surface area contributed by atoms with Gasteiger partial charge in [-0.1, -0.05) is 0 Å². The van der Waals surface area contributed by atoms with E-state index in [9.17, 15) is 4.79 Å². The molecule has 0 bridgehead atoms. The molecule has 1 amide bonds. The summed E-state index contributed by atoms with van der Waals surface area (Å²) in [6.45, 7) is 6.73. The lowest BCUT2D eigenvalue weighted by Crippen LogP contribution is -2.48. The molecule has 0 saturated carbocycles. The van der Waals surface area contributed by atoms with Gasteiger partial charge in [-0.2, -0.15) is 0 Å². The summed E-state index contributed by atoms with van der Waals surface area (Å²) in [6, 6.07) is 8.03. The van der Waals surface area contributed by atoms with Crippen molar-refractivity contribution in [2.75, 3.05) is 45.3 Å². The Bertz CT molecular complexity index is 733. The molecule has 0 radical (unpaired) electrons. The van der Waals surface area contributed by atoms with Crippen molar-refractivity contribution >= 4 is 17.2 Å². The third-order valence-electron chi connectivity index (χ3n) is 4.61. The molecule has 2 unspecified atom stereocenters. The maximum absolute atomic E-state index is 12.9. The Morgan fingerprint density at radius 1 is 1.24 bits per heavy atom. The zero-order valence-electron chi connectivity index (χ0n) is 15.4. The molecule has 0 aliphatic carbocycles. The topological polar surface area (TPSA) is 46.4 Å². The number of likely N-dealkylation sites (N-methyl/N-ethyl adjacent to an activating group) is 1. The average Bonchev–Trinajstić information content (AvgIpc) is 3.01. The second kappa shape index (κ2) is 7.45. The van der Waals surface area contributed by atoms with Crippen LogP contribution in [0.4, 0.5) is 5.82 Å². The monoisotopic (exact) mass is 345 g/mol. The van der Waals surface area contributed by atoms with Gasteiger partial charge in [-0.05, 0) is 38.1 Å². The summed E-state index contributed by atoms with van der Waals surface area (Å²) >= 11 is 0. The number of hydrogen-bond acceptors (Lipinski definition) is 4. The van der Waals surface area contributed by atoms with Crippen molar-refractivity contribution in [1.29, 1.82) is 0 Å². The Kier molecular flexibility index (Phi) is 5.30. The van der Waals surface area contributed by atoms with Gasteiger partial charge in [-0.15, -0.1) is 0 Å². The predicted octanol–water partition coefficient (Wildman–Crippen LogP) is 2.27. The van der Waals surface area contributed by atoms with Crippen LogP contribution in [0.2, 0.25) is 0 Å². The Hall–Kier alpha value is -2.05. The lowest BCUT2D eigenvalue weighted by Gasteiger charge is -2.35. The van der Waals surface area contributed by atoms with Crippen LogP contribution in [-0.2, 0) is 9.47 Å². The number of nitrogens with zero attached hydrogens (tertiary/aromatic N) is 3. The smallest absolute Gasteiger partial charge is 0.255 e. The first-order valence-electron chi connectivity index (χ1n) is 8.75. The van der Waals surface area contributed by atoms with Crippen LogP contribution in [0.3, 0.4) is 0 Å². The van der Waals surface area contributed by atoms with E-state index >= 15 is 0 Å². The fourth-order valence-electron chi connectivity index (χ4n) is 3.39. The molecule has 0 N–H and O–H groups in total. The van der Waals surface area contributed by atoms with E-state index in [-0.39, 0.29) is 18.1 Å². The minimum Gasteiger partial charge on any atom is -0.383 e. The third-order valence-corrected chi connectivity index (χ3v) is 4.61. The summed E-state index contributed by atoms with van der Waals surface area (Å²) in [5.74, 6) is 1.11. The van der Waals surface area contributed by atoms with Crippen LogP contribution in [0, 0.1) is 0 Å². The third kappa shape index (κ3) is 3.80. The second-order valence-corrected chi connectivity index (χ2v) is 6.79. The van der Waals surface area contributed by atoms with E-state index in [1.54, 1.807) is 7.11 Å². The molecule has 2 aromatic rings. The number of ether oxygens (including phenoxy) is 2. The lowest BCUT2D eigenvalue weighted by atomic mass is 10.2. The van der Waals surface area contributed by atoms with Crippen LogP contribution in [0.15, 0.2) is 30.5 Å². The molecule has 1 aliphatic heterocycles. The first kappa shape index (κ1) is 17.8. The van der Waals surface area contributed by atoms with Gasteiger partial charge in [0.15, 0.2) is 0 Å². The Morgan fingerprint density at radius 3 is 2.60 bits per heavy atom. The molecule has 3 heterocycles. The highest BCUT2D eigenvalue weighted by molar-refractivity contribution is 5.94. The van der Waals surface area contributed by atoms with Crippen molar-refractivity contribution in [2.24, 2.45) is 0 Å². The van der Waals surface area contributed by atoms with Crippen molar-refractivity contribution in [3.8, 4) is 0 Å². The van der Waals surface area contributed by atoms with E-state index in [0.29, 0.717) is 25.3 Å². The Balaban J connectivity index is 1.86. The number of anilines is 1. The number of amides is 1. The van der Waals surface area contributed by atoms with Crippen LogP contribution < -0.4 is 4.90 Å². The number of rotatable bonds is 5. The van der Waals surface area contributed by atoms with Gasteiger partial charge < -0.3 is 23.7 Å². The molecular formula is C19H27N3O3. The van der Waals surface area contributed by atoms with Crippen molar-refractivity contribution in [1.82, 2.24) is 9.30 Å². The summed E-state index contributed by atoms with van der Waals surface area (Å²) < 4.78 is 13.0. The largest absolute Gasteiger partial charge is 0.383 e. The number of fused-ring (bicyclic) bond motifs is 1. The fraction of sp³-hybridized carbons (Fsp3) is 0.526. The first-order valence-corrected chi connectivity index (χ1v) is 8.75. The van der Waals surface area contributed by atoms with Gasteiger partial charge in [0, 0.05) is 45.5 Å². The standard InChI is InChI=1S/C19H27N3O3/c1-14-11-21(12-15(2)25-14)19(23)16-5-6-17-7-8-18(22(17)13-16)20(3)9-10-24-4/h5-8,13-15H,9-12H2,1-4H3. The Labute approximate surface area is 148 Å². The summed E-state index contributed by atoms with van der Waals surface area (Å²) in [5, 5.41) is 0. The molecule has 2 atom stereocenters. The number of carbonyl (C=O) groups is 1. The summed E-state index contributed by atoms with van der Waals surface area (Å²) in [5.41, 5.74) is 1.77. The second-order valence-electron chi connectivity index (χ2n) is 6.79. The van der Waals surface area contributed by atoms with Crippen molar-refractivity contribution in [2.45, 2.75) is 26.1 Å². The minimum absolute atomic E-state index is 0.0584. The fourth-order valence-corrected chi connectivity index (χ4v) is 3.39. The van der Waals surface area contributed by atoms with E-state index < -0.39 is 0 Å². The van der Waals surface area contributed by atoms with Crippen molar-refractivity contribution in [3.63, 3.8) is 0 Å². The van der Waals surface area contributed by atoms with Gasteiger partial charge in [-0.25, -0.2) is 0 Å². The number of pyridine rings is 1. The highest BCUT2D eigenvalue weighted by atomic mass is 16.5. The van der Waals surface area contributed by atoms with E-state index in [2.05, 4.69) is 21.4 Å². The number of hydrogen-bond donors (Lipinski definition) is 0. The van der Waals surface area contributed by atoms with Gasteiger partial charge in [0.1, 0.15) is 5.82 Å². The molecular weight excluding hydrogens is 318 g/mol. The molecule has 6 heteroatoms. The van der Waals surface area contributed by atoms with Crippen LogP contribution in [0.25, 0.3) is 5.52 Å². The van der Waals surface area contributed by atoms with Gasteiger partial charge in [0.05, 0.1) is 24.4 Å². The molecule has 2 aromatic heterocycles. The maximum atomic E-state index is 12.9. The molecule has 1 aliphatic rings. The zero-order chi connectivity index (χ0) is 18.0. The van der Waals surface area contributed by atoms with Crippen LogP contribution >= 0.6 is 0 Å².